The summed E-state index contributed by atoms with van der Waals surface area (Å²) in [6.07, 6.45) is 0.835. The average Bonchev–Trinajstić information content (AvgIpc) is 2.86. The summed E-state index contributed by atoms with van der Waals surface area (Å²) in [6, 6.07) is 10.4. The molecule has 0 saturated heterocycles. The molecule has 2 aromatic carbocycles. The molecule has 0 bridgehead atoms. The van der Waals surface area contributed by atoms with Crippen LogP contribution in [0.2, 0.25) is 0 Å². The van der Waals surface area contributed by atoms with Gasteiger partial charge in [0, 0.05) is 23.7 Å². The highest BCUT2D eigenvalue weighted by Gasteiger charge is 2.14. The Morgan fingerprint density at radius 2 is 1.71 bits per heavy atom. The van der Waals surface area contributed by atoms with Crippen molar-refractivity contribution in [2.24, 2.45) is 0 Å². The fraction of sp³-hybridized carbons (Fsp3) is 0.278. The lowest BCUT2D eigenvalue weighted by molar-refractivity contribution is 0.102. The van der Waals surface area contributed by atoms with Crippen LogP contribution in [0.15, 0.2) is 36.4 Å². The van der Waals surface area contributed by atoms with Gasteiger partial charge in [0.15, 0.2) is 23.0 Å². The molecule has 3 rings (SSSR count). The average molecular weight is 329 g/mol. The molecule has 6 heteroatoms. The normalized spacial score (nSPS) is 12.9. The number of carbonyl (C=O) groups excluding carboxylic acids is 1. The van der Waals surface area contributed by atoms with Gasteiger partial charge in [-0.05, 0) is 30.3 Å². The van der Waals surface area contributed by atoms with Crippen LogP contribution in [0.5, 0.6) is 23.0 Å². The number of methoxy groups -OCH3 is 2. The van der Waals surface area contributed by atoms with Crippen LogP contribution < -0.4 is 24.3 Å². The van der Waals surface area contributed by atoms with E-state index in [1.54, 1.807) is 43.5 Å². The van der Waals surface area contributed by atoms with E-state index in [0.717, 1.165) is 6.42 Å². The molecule has 1 aliphatic rings. The SMILES string of the molecule is COc1ccc(C(=O)Nc2ccc3c(c2)OCCCO3)cc1OC. The minimum Gasteiger partial charge on any atom is -0.493 e. The van der Waals surface area contributed by atoms with Gasteiger partial charge < -0.3 is 24.3 Å². The summed E-state index contributed by atoms with van der Waals surface area (Å²) in [5, 5.41) is 2.85. The molecule has 0 fully saturated rings. The minimum atomic E-state index is -0.245. The maximum absolute atomic E-state index is 12.4. The van der Waals surface area contributed by atoms with Gasteiger partial charge in [0.1, 0.15) is 0 Å². The second-order valence-corrected chi connectivity index (χ2v) is 5.24. The lowest BCUT2D eigenvalue weighted by Gasteiger charge is -2.12. The number of hydrogen-bond donors (Lipinski definition) is 1. The standard InChI is InChI=1S/C18H19NO5/c1-21-14-6-4-12(10-16(14)22-2)18(20)19-13-5-7-15-17(11-13)24-9-3-8-23-15/h4-7,10-11H,3,8-9H2,1-2H3,(H,19,20). The third kappa shape index (κ3) is 3.37. The number of amides is 1. The molecule has 0 spiro atoms. The lowest BCUT2D eigenvalue weighted by Crippen LogP contribution is -2.12. The van der Waals surface area contributed by atoms with E-state index in [2.05, 4.69) is 5.32 Å². The van der Waals surface area contributed by atoms with Crippen LogP contribution in [0, 0.1) is 0 Å². The first kappa shape index (κ1) is 16.0. The smallest absolute Gasteiger partial charge is 0.255 e. The number of ether oxygens (including phenoxy) is 4. The van der Waals surface area contributed by atoms with Crippen molar-refractivity contribution in [2.75, 3.05) is 32.8 Å². The molecule has 0 atom stereocenters. The van der Waals surface area contributed by atoms with E-state index in [1.165, 1.54) is 7.11 Å². The number of carbonyl (C=O) groups is 1. The highest BCUT2D eigenvalue weighted by atomic mass is 16.5. The molecule has 24 heavy (non-hydrogen) atoms. The Morgan fingerprint density at radius 3 is 2.46 bits per heavy atom. The van der Waals surface area contributed by atoms with Crippen LogP contribution in [0.1, 0.15) is 16.8 Å². The van der Waals surface area contributed by atoms with Gasteiger partial charge in [-0.25, -0.2) is 0 Å². The molecule has 1 heterocycles. The number of nitrogens with one attached hydrogen (secondary N) is 1. The van der Waals surface area contributed by atoms with Gasteiger partial charge in [-0.1, -0.05) is 0 Å². The molecule has 126 valence electrons. The first-order chi connectivity index (χ1) is 11.7. The first-order valence-corrected chi connectivity index (χ1v) is 7.64. The summed E-state index contributed by atoms with van der Waals surface area (Å²) in [4.78, 5) is 12.4. The van der Waals surface area contributed by atoms with Crippen LogP contribution in [0.4, 0.5) is 5.69 Å². The summed E-state index contributed by atoms with van der Waals surface area (Å²) in [5.41, 5.74) is 1.11. The van der Waals surface area contributed by atoms with Crippen LogP contribution in [-0.4, -0.2) is 33.3 Å². The monoisotopic (exact) mass is 329 g/mol. The molecule has 2 aromatic rings. The Hall–Kier alpha value is -2.89. The van der Waals surface area contributed by atoms with E-state index < -0.39 is 0 Å². The van der Waals surface area contributed by atoms with Crippen molar-refractivity contribution in [3.8, 4) is 23.0 Å². The zero-order chi connectivity index (χ0) is 16.9. The van der Waals surface area contributed by atoms with Gasteiger partial charge in [-0.2, -0.15) is 0 Å². The molecular weight excluding hydrogens is 310 g/mol. The van der Waals surface area contributed by atoms with Crippen LogP contribution in [0.3, 0.4) is 0 Å². The molecule has 0 unspecified atom stereocenters. The second kappa shape index (κ2) is 7.12. The summed E-state index contributed by atoms with van der Waals surface area (Å²) in [5.74, 6) is 2.16. The van der Waals surface area contributed by atoms with E-state index in [1.807, 2.05) is 0 Å². The maximum atomic E-state index is 12.4. The molecule has 6 nitrogen and oxygen atoms in total. The lowest BCUT2D eigenvalue weighted by atomic mass is 10.1. The van der Waals surface area contributed by atoms with Crippen molar-refractivity contribution >= 4 is 11.6 Å². The number of anilines is 1. The van der Waals surface area contributed by atoms with Gasteiger partial charge >= 0.3 is 0 Å². The number of benzene rings is 2. The van der Waals surface area contributed by atoms with E-state index in [4.69, 9.17) is 18.9 Å². The third-order valence-corrected chi connectivity index (χ3v) is 3.65. The largest absolute Gasteiger partial charge is 0.493 e. The van der Waals surface area contributed by atoms with E-state index in [0.29, 0.717) is 47.5 Å². The van der Waals surface area contributed by atoms with Crippen molar-refractivity contribution in [3.63, 3.8) is 0 Å². The highest BCUT2D eigenvalue weighted by molar-refractivity contribution is 6.04. The quantitative estimate of drug-likeness (QED) is 0.933. The Bertz CT molecular complexity index is 744. The Balaban J connectivity index is 1.78. The van der Waals surface area contributed by atoms with Gasteiger partial charge in [-0.3, -0.25) is 4.79 Å². The summed E-state index contributed by atoms with van der Waals surface area (Å²) in [6.45, 7) is 1.23. The van der Waals surface area contributed by atoms with Crippen LogP contribution >= 0.6 is 0 Å². The molecule has 1 N–H and O–H groups in total. The summed E-state index contributed by atoms with van der Waals surface area (Å²) >= 11 is 0. The summed E-state index contributed by atoms with van der Waals surface area (Å²) in [7, 11) is 3.08. The van der Waals surface area contributed by atoms with Crippen molar-refractivity contribution in [1.29, 1.82) is 0 Å². The zero-order valence-electron chi connectivity index (χ0n) is 13.6. The van der Waals surface area contributed by atoms with Gasteiger partial charge in [0.25, 0.3) is 5.91 Å². The molecule has 0 radical (unpaired) electrons. The van der Waals surface area contributed by atoms with Crippen molar-refractivity contribution in [2.45, 2.75) is 6.42 Å². The van der Waals surface area contributed by atoms with Gasteiger partial charge in [0.05, 0.1) is 27.4 Å². The second-order valence-electron chi connectivity index (χ2n) is 5.24. The van der Waals surface area contributed by atoms with Gasteiger partial charge in [0.2, 0.25) is 0 Å². The first-order valence-electron chi connectivity index (χ1n) is 7.64. The summed E-state index contributed by atoms with van der Waals surface area (Å²) < 4.78 is 21.6. The Kier molecular flexibility index (Phi) is 4.74. The fourth-order valence-electron chi connectivity index (χ4n) is 2.42. The molecule has 1 amide bonds. The van der Waals surface area contributed by atoms with E-state index >= 15 is 0 Å². The van der Waals surface area contributed by atoms with E-state index in [-0.39, 0.29) is 5.91 Å². The van der Waals surface area contributed by atoms with Gasteiger partial charge in [-0.15, -0.1) is 0 Å². The van der Waals surface area contributed by atoms with Crippen molar-refractivity contribution in [3.05, 3.63) is 42.0 Å². The predicted molar refractivity (Wildman–Crippen MR) is 89.5 cm³/mol. The topological polar surface area (TPSA) is 66.0 Å². The van der Waals surface area contributed by atoms with Crippen molar-refractivity contribution in [1.82, 2.24) is 0 Å². The third-order valence-electron chi connectivity index (χ3n) is 3.65. The van der Waals surface area contributed by atoms with Crippen LogP contribution in [0.25, 0.3) is 0 Å². The molecule has 0 aliphatic carbocycles. The maximum Gasteiger partial charge on any atom is 0.255 e. The number of rotatable bonds is 4. The Labute approximate surface area is 140 Å². The molecule has 1 aliphatic heterocycles. The predicted octanol–water partition coefficient (Wildman–Crippen LogP) is 3.12. The van der Waals surface area contributed by atoms with Crippen LogP contribution in [-0.2, 0) is 0 Å². The molecule has 0 saturated carbocycles. The Morgan fingerprint density at radius 1 is 0.958 bits per heavy atom. The molecule has 0 aromatic heterocycles. The zero-order valence-corrected chi connectivity index (χ0v) is 13.6. The van der Waals surface area contributed by atoms with Crippen molar-refractivity contribution < 1.29 is 23.7 Å². The minimum absolute atomic E-state index is 0.245. The number of hydrogen-bond acceptors (Lipinski definition) is 5. The number of fused-ring (bicyclic) bond motifs is 1. The molecular formula is C18H19NO5. The van der Waals surface area contributed by atoms with E-state index in [9.17, 15) is 4.79 Å². The highest BCUT2D eigenvalue weighted by Crippen LogP contribution is 2.33. The fourth-order valence-corrected chi connectivity index (χ4v) is 2.42.